The van der Waals surface area contributed by atoms with Crippen LogP contribution in [0, 0.1) is 23.6 Å². The van der Waals surface area contributed by atoms with Gasteiger partial charge in [-0.3, -0.25) is 4.79 Å². The molecule has 4 heteroatoms. The second-order valence-electron chi connectivity index (χ2n) is 9.74. The minimum Gasteiger partial charge on any atom is -0.505 e. The second-order valence-corrected chi connectivity index (χ2v) is 9.74. The number of carbonyl (C=O) groups excluding carboxylic acids is 1. The molecule has 3 nitrogen and oxygen atoms in total. The maximum absolute atomic E-state index is 14.1. The second kappa shape index (κ2) is 12.9. The minimum absolute atomic E-state index is 0.0918. The molecule has 0 aliphatic heterocycles. The third-order valence-electron chi connectivity index (χ3n) is 6.52. The van der Waals surface area contributed by atoms with Crippen LogP contribution in [0.5, 0.6) is 5.75 Å². The molecule has 4 aromatic rings. The molecule has 0 fully saturated rings. The van der Waals surface area contributed by atoms with Crippen molar-refractivity contribution in [2.24, 2.45) is 5.92 Å². The van der Waals surface area contributed by atoms with Gasteiger partial charge in [0.25, 0.3) is 0 Å². The van der Waals surface area contributed by atoms with Gasteiger partial charge in [-0.15, -0.1) is 5.92 Å². The molecule has 0 heterocycles. The van der Waals surface area contributed by atoms with Gasteiger partial charge in [0.2, 0.25) is 0 Å². The Balaban J connectivity index is 1.25. The van der Waals surface area contributed by atoms with Gasteiger partial charge in [-0.25, -0.2) is 4.39 Å². The summed E-state index contributed by atoms with van der Waals surface area (Å²) in [5, 5.41) is 10.8. The summed E-state index contributed by atoms with van der Waals surface area (Å²) >= 11 is 0. The lowest BCUT2D eigenvalue weighted by Crippen LogP contribution is -2.11. The van der Waals surface area contributed by atoms with E-state index in [0.29, 0.717) is 18.4 Å². The van der Waals surface area contributed by atoms with E-state index in [1.807, 2.05) is 26.0 Å². The van der Waals surface area contributed by atoms with Crippen molar-refractivity contribution in [1.29, 1.82) is 0 Å². The number of fused-ring (bicyclic) bond motifs is 1. The lowest BCUT2D eigenvalue weighted by molar-refractivity contribution is -0.147. The molecule has 0 spiro atoms. The zero-order valence-corrected chi connectivity index (χ0v) is 22.0. The summed E-state index contributed by atoms with van der Waals surface area (Å²) in [6, 6.07) is 25.7. The number of phenols is 1. The quantitative estimate of drug-likeness (QED) is 0.140. The molecule has 194 valence electrons. The average Bonchev–Trinajstić information content (AvgIpc) is 2.94. The number of halogens is 1. The van der Waals surface area contributed by atoms with Crippen molar-refractivity contribution in [3.63, 3.8) is 0 Å². The summed E-state index contributed by atoms with van der Waals surface area (Å²) in [4.78, 5) is 11.4. The Morgan fingerprint density at radius 2 is 1.42 bits per heavy atom. The maximum Gasteiger partial charge on any atom is 0.308 e. The molecule has 0 radical (unpaired) electrons. The van der Waals surface area contributed by atoms with Gasteiger partial charge in [-0.1, -0.05) is 86.5 Å². The van der Waals surface area contributed by atoms with E-state index in [4.69, 9.17) is 4.74 Å². The van der Waals surface area contributed by atoms with Crippen molar-refractivity contribution in [3.8, 4) is 39.8 Å². The Morgan fingerprint density at radius 1 is 0.816 bits per heavy atom. The smallest absolute Gasteiger partial charge is 0.308 e. The van der Waals surface area contributed by atoms with Gasteiger partial charge >= 0.3 is 5.97 Å². The zero-order valence-electron chi connectivity index (χ0n) is 22.0. The van der Waals surface area contributed by atoms with Crippen LogP contribution in [0.25, 0.3) is 33.0 Å². The molecular weight excluding hydrogens is 475 g/mol. The lowest BCUT2D eigenvalue weighted by atomic mass is 9.97. The van der Waals surface area contributed by atoms with Gasteiger partial charge in [0.1, 0.15) is 6.61 Å². The van der Waals surface area contributed by atoms with Crippen LogP contribution in [-0.2, 0) is 16.0 Å². The van der Waals surface area contributed by atoms with Gasteiger partial charge in [0.05, 0.1) is 5.92 Å². The van der Waals surface area contributed by atoms with Crippen molar-refractivity contribution in [1.82, 2.24) is 0 Å². The SMILES string of the molecule is CC(C)C(=O)OCCC#CCCCCc1ccc(-c2ccc(-c3ccc4c(F)c(O)ccc4c3)cc2)cc1. The van der Waals surface area contributed by atoms with E-state index < -0.39 is 5.82 Å². The molecule has 0 saturated heterocycles. The topological polar surface area (TPSA) is 46.5 Å². The number of ether oxygens (including phenoxy) is 1. The van der Waals surface area contributed by atoms with Crippen LogP contribution < -0.4 is 0 Å². The molecular formula is C34H33FO3. The summed E-state index contributed by atoms with van der Waals surface area (Å²) in [5.41, 5.74) is 5.68. The van der Waals surface area contributed by atoms with Crippen molar-refractivity contribution in [3.05, 3.63) is 90.2 Å². The van der Waals surface area contributed by atoms with Crippen LogP contribution in [0.15, 0.2) is 78.9 Å². The largest absolute Gasteiger partial charge is 0.505 e. The van der Waals surface area contributed by atoms with Crippen molar-refractivity contribution < 1.29 is 19.0 Å². The standard InChI is InChI=1S/C34H33FO3/c1-24(2)34(37)38-22-8-6-4-3-5-7-9-25-10-12-26(13-11-25)27-14-16-28(17-15-27)29-18-20-31-30(23-29)19-21-32(36)33(31)35/h10-21,23-24,36H,3,5,7-9,22H2,1-2H3. The number of hydrogen-bond acceptors (Lipinski definition) is 3. The normalized spacial score (nSPS) is 10.8. The molecule has 0 atom stereocenters. The third kappa shape index (κ3) is 7.01. The molecule has 38 heavy (non-hydrogen) atoms. The van der Waals surface area contributed by atoms with E-state index in [9.17, 15) is 14.3 Å². The van der Waals surface area contributed by atoms with E-state index in [-0.39, 0.29) is 17.6 Å². The van der Waals surface area contributed by atoms with Gasteiger partial charge in [0.15, 0.2) is 11.6 Å². The fraction of sp³-hybridized carbons (Fsp3) is 0.265. The fourth-order valence-electron chi connectivity index (χ4n) is 4.27. The summed E-state index contributed by atoms with van der Waals surface area (Å²) < 4.78 is 19.2. The highest BCUT2D eigenvalue weighted by atomic mass is 19.1. The highest BCUT2D eigenvalue weighted by molar-refractivity contribution is 5.89. The van der Waals surface area contributed by atoms with Gasteiger partial charge < -0.3 is 9.84 Å². The van der Waals surface area contributed by atoms with E-state index in [2.05, 4.69) is 60.4 Å². The first-order valence-corrected chi connectivity index (χ1v) is 13.2. The number of phenolic OH excluding ortho intramolecular Hbond substituents is 1. The molecule has 0 bridgehead atoms. The Kier molecular flexibility index (Phi) is 9.16. The number of benzene rings is 4. The minimum atomic E-state index is -0.584. The Hall–Kier alpha value is -4.10. The van der Waals surface area contributed by atoms with E-state index in [0.717, 1.165) is 47.8 Å². The molecule has 4 rings (SSSR count). The van der Waals surface area contributed by atoms with Crippen LogP contribution in [0.2, 0.25) is 0 Å². The first-order valence-electron chi connectivity index (χ1n) is 13.2. The number of rotatable bonds is 9. The highest BCUT2D eigenvalue weighted by Gasteiger charge is 2.08. The number of aryl methyl sites for hydroxylation is 1. The molecule has 4 aromatic carbocycles. The van der Waals surface area contributed by atoms with Crippen LogP contribution in [-0.4, -0.2) is 17.7 Å². The number of aromatic hydroxyl groups is 1. The zero-order chi connectivity index (χ0) is 26.9. The van der Waals surface area contributed by atoms with Crippen LogP contribution in [0.3, 0.4) is 0 Å². The van der Waals surface area contributed by atoms with E-state index >= 15 is 0 Å². The van der Waals surface area contributed by atoms with Gasteiger partial charge in [0, 0.05) is 18.2 Å². The van der Waals surface area contributed by atoms with Crippen molar-refractivity contribution >= 4 is 16.7 Å². The summed E-state index contributed by atoms with van der Waals surface area (Å²) in [6.07, 6.45) is 4.60. The fourth-order valence-corrected chi connectivity index (χ4v) is 4.27. The van der Waals surface area contributed by atoms with E-state index in [1.54, 1.807) is 12.1 Å². The van der Waals surface area contributed by atoms with Crippen molar-refractivity contribution in [2.75, 3.05) is 6.61 Å². The maximum atomic E-state index is 14.1. The number of unbranched alkanes of at least 4 members (excludes halogenated alkanes) is 2. The third-order valence-corrected chi connectivity index (χ3v) is 6.52. The first-order chi connectivity index (χ1) is 18.4. The predicted molar refractivity (Wildman–Crippen MR) is 152 cm³/mol. The molecule has 0 amide bonds. The molecule has 0 aromatic heterocycles. The molecule has 1 N–H and O–H groups in total. The lowest BCUT2D eigenvalue weighted by Gasteiger charge is -2.08. The molecule has 0 aliphatic carbocycles. The van der Waals surface area contributed by atoms with Gasteiger partial charge in [-0.2, -0.15) is 0 Å². The number of carbonyl (C=O) groups is 1. The Morgan fingerprint density at radius 3 is 2.11 bits per heavy atom. The predicted octanol–water partition coefficient (Wildman–Crippen LogP) is 8.32. The van der Waals surface area contributed by atoms with E-state index in [1.165, 1.54) is 17.2 Å². The Labute approximate surface area is 224 Å². The van der Waals surface area contributed by atoms with Crippen LogP contribution in [0.4, 0.5) is 4.39 Å². The average molecular weight is 509 g/mol. The molecule has 0 unspecified atom stereocenters. The summed E-state index contributed by atoms with van der Waals surface area (Å²) in [5.74, 6) is 5.07. The van der Waals surface area contributed by atoms with Crippen molar-refractivity contribution in [2.45, 2.75) is 46.0 Å². The van der Waals surface area contributed by atoms with Crippen LogP contribution >= 0.6 is 0 Å². The summed E-state index contributed by atoms with van der Waals surface area (Å²) in [6.45, 7) is 4.02. The number of hydrogen-bond donors (Lipinski definition) is 1. The van der Waals surface area contributed by atoms with Crippen LogP contribution in [0.1, 0.15) is 45.1 Å². The first kappa shape index (κ1) is 26.9. The molecule has 0 saturated carbocycles. The highest BCUT2D eigenvalue weighted by Crippen LogP contribution is 2.31. The number of esters is 1. The van der Waals surface area contributed by atoms with Gasteiger partial charge in [-0.05, 0) is 64.6 Å². The summed E-state index contributed by atoms with van der Waals surface area (Å²) in [7, 11) is 0. The molecule has 0 aliphatic rings. The Bertz CT molecular complexity index is 1440. The monoisotopic (exact) mass is 508 g/mol.